The van der Waals surface area contributed by atoms with Crippen molar-refractivity contribution in [2.24, 2.45) is 0 Å². The predicted octanol–water partition coefficient (Wildman–Crippen LogP) is 2.30. The number of nitriles is 2. The lowest BCUT2D eigenvalue weighted by Crippen LogP contribution is -2.24. The van der Waals surface area contributed by atoms with Gasteiger partial charge in [0.25, 0.3) is 5.56 Å². The molecule has 92 valence electrons. The topological polar surface area (TPSA) is 69.6 Å². The van der Waals surface area contributed by atoms with Crippen molar-refractivity contribution < 1.29 is 0 Å². The molecule has 1 aromatic heterocycles. The van der Waals surface area contributed by atoms with E-state index >= 15 is 0 Å². The van der Waals surface area contributed by atoms with E-state index < -0.39 is 0 Å². The highest BCUT2D eigenvalue weighted by Gasteiger charge is 2.09. The van der Waals surface area contributed by atoms with Crippen LogP contribution in [0.4, 0.5) is 0 Å². The first-order chi connectivity index (χ1) is 9.27. The van der Waals surface area contributed by atoms with Crippen LogP contribution >= 0.6 is 0 Å². The van der Waals surface area contributed by atoms with Crippen molar-refractivity contribution in [2.75, 3.05) is 0 Å². The van der Waals surface area contributed by atoms with Crippen LogP contribution in [0, 0.1) is 22.7 Å². The van der Waals surface area contributed by atoms with Crippen molar-refractivity contribution >= 4 is 0 Å². The van der Waals surface area contributed by atoms with Gasteiger partial charge in [0.1, 0.15) is 11.6 Å². The Morgan fingerprint density at radius 2 is 1.79 bits per heavy atom. The fourth-order valence-electron chi connectivity index (χ4n) is 1.91. The largest absolute Gasteiger partial charge is 0.306 e. The number of aromatic nitrogens is 1. The Morgan fingerprint density at radius 3 is 2.42 bits per heavy atom. The Balaban J connectivity index is 2.62. The van der Waals surface area contributed by atoms with Crippen LogP contribution in [0.15, 0.2) is 47.3 Å². The molecular weight excluding hydrogens is 238 g/mol. The minimum Gasteiger partial charge on any atom is -0.306 e. The van der Waals surface area contributed by atoms with E-state index in [4.69, 9.17) is 10.5 Å². The molecule has 1 heterocycles. The van der Waals surface area contributed by atoms with Gasteiger partial charge in [-0.15, -0.1) is 0 Å². The quantitative estimate of drug-likeness (QED) is 0.838. The fourth-order valence-corrected chi connectivity index (χ4v) is 1.91. The van der Waals surface area contributed by atoms with E-state index in [1.165, 1.54) is 10.6 Å². The van der Waals surface area contributed by atoms with E-state index in [2.05, 4.69) is 0 Å². The summed E-state index contributed by atoms with van der Waals surface area (Å²) in [4.78, 5) is 12.1. The molecule has 2 rings (SSSR count). The van der Waals surface area contributed by atoms with Crippen LogP contribution < -0.4 is 5.56 Å². The molecule has 4 nitrogen and oxygen atoms in total. The molecule has 0 amide bonds. The molecule has 0 fully saturated rings. The van der Waals surface area contributed by atoms with Crippen molar-refractivity contribution in [2.45, 2.75) is 13.0 Å². The monoisotopic (exact) mass is 249 g/mol. The van der Waals surface area contributed by atoms with Gasteiger partial charge in [0.05, 0.1) is 18.2 Å². The highest BCUT2D eigenvalue weighted by atomic mass is 16.1. The maximum Gasteiger partial charge on any atom is 0.268 e. The summed E-state index contributed by atoms with van der Waals surface area (Å²) in [5.74, 6) is 0. The summed E-state index contributed by atoms with van der Waals surface area (Å²) in [5, 5.41) is 17.6. The number of benzene rings is 1. The van der Waals surface area contributed by atoms with Crippen LogP contribution in [0.3, 0.4) is 0 Å². The third-order valence-corrected chi connectivity index (χ3v) is 2.81. The zero-order valence-electron chi connectivity index (χ0n) is 10.2. The van der Waals surface area contributed by atoms with E-state index in [9.17, 15) is 4.79 Å². The molecule has 19 heavy (non-hydrogen) atoms. The van der Waals surface area contributed by atoms with Crippen molar-refractivity contribution in [3.05, 3.63) is 58.4 Å². The minimum absolute atomic E-state index is 0.0950. The minimum atomic E-state index is -0.348. The SMILES string of the molecule is N#CCCn1c(-c2ccccc2)ccc(C#N)c1=O. The van der Waals surface area contributed by atoms with E-state index in [0.717, 1.165) is 11.3 Å². The molecule has 0 aliphatic rings. The summed E-state index contributed by atoms with van der Waals surface area (Å²) in [5.41, 5.74) is 1.36. The zero-order chi connectivity index (χ0) is 13.7. The summed E-state index contributed by atoms with van der Waals surface area (Å²) in [6, 6.07) is 16.6. The fraction of sp³-hybridized carbons (Fsp3) is 0.133. The van der Waals surface area contributed by atoms with Crippen molar-refractivity contribution in [1.29, 1.82) is 10.5 Å². The van der Waals surface area contributed by atoms with Crippen LogP contribution in [0.2, 0.25) is 0 Å². The first kappa shape index (κ1) is 12.6. The van der Waals surface area contributed by atoms with Crippen molar-refractivity contribution in [3.63, 3.8) is 0 Å². The van der Waals surface area contributed by atoms with Gasteiger partial charge in [-0.05, 0) is 17.7 Å². The van der Waals surface area contributed by atoms with Gasteiger partial charge in [0.15, 0.2) is 0 Å². The third-order valence-electron chi connectivity index (χ3n) is 2.81. The Bertz CT molecular complexity index is 718. The molecule has 0 unspecified atom stereocenters. The first-order valence-electron chi connectivity index (χ1n) is 5.84. The van der Waals surface area contributed by atoms with Gasteiger partial charge in [-0.3, -0.25) is 4.79 Å². The average Bonchev–Trinajstić information content (AvgIpc) is 2.46. The Morgan fingerprint density at radius 1 is 1.05 bits per heavy atom. The average molecular weight is 249 g/mol. The highest BCUT2D eigenvalue weighted by molar-refractivity contribution is 5.60. The molecule has 0 bridgehead atoms. The molecule has 0 aliphatic heterocycles. The summed E-state index contributed by atoms with van der Waals surface area (Å²) in [6.45, 7) is 0.287. The van der Waals surface area contributed by atoms with Gasteiger partial charge in [0, 0.05) is 6.54 Å². The molecule has 0 spiro atoms. The van der Waals surface area contributed by atoms with Gasteiger partial charge >= 0.3 is 0 Å². The zero-order valence-corrected chi connectivity index (χ0v) is 10.2. The lowest BCUT2D eigenvalue weighted by atomic mass is 10.1. The van der Waals surface area contributed by atoms with Crippen LogP contribution in [0.5, 0.6) is 0 Å². The highest BCUT2D eigenvalue weighted by Crippen LogP contribution is 2.18. The molecule has 0 aliphatic carbocycles. The normalized spacial score (nSPS) is 9.58. The maximum atomic E-state index is 12.1. The smallest absolute Gasteiger partial charge is 0.268 e. The number of hydrogen-bond acceptors (Lipinski definition) is 3. The number of rotatable bonds is 3. The van der Waals surface area contributed by atoms with E-state index in [1.807, 2.05) is 42.5 Å². The van der Waals surface area contributed by atoms with Crippen LogP contribution in [0.1, 0.15) is 12.0 Å². The summed E-state index contributed by atoms with van der Waals surface area (Å²) in [7, 11) is 0. The number of nitrogens with zero attached hydrogens (tertiary/aromatic N) is 3. The molecule has 0 saturated carbocycles. The van der Waals surface area contributed by atoms with E-state index in [-0.39, 0.29) is 24.1 Å². The summed E-state index contributed by atoms with van der Waals surface area (Å²) in [6.07, 6.45) is 0.231. The lowest BCUT2D eigenvalue weighted by Gasteiger charge is -2.11. The summed E-state index contributed by atoms with van der Waals surface area (Å²) < 4.78 is 1.48. The van der Waals surface area contributed by atoms with Crippen molar-refractivity contribution in [1.82, 2.24) is 4.57 Å². The molecule has 2 aromatic rings. The second kappa shape index (κ2) is 5.66. The maximum absolute atomic E-state index is 12.1. The first-order valence-corrected chi connectivity index (χ1v) is 5.84. The molecular formula is C15H11N3O. The Kier molecular flexibility index (Phi) is 3.75. The Labute approximate surface area is 110 Å². The number of hydrogen-bond donors (Lipinski definition) is 0. The van der Waals surface area contributed by atoms with Gasteiger partial charge in [-0.1, -0.05) is 30.3 Å². The second-order valence-corrected chi connectivity index (χ2v) is 3.97. The van der Waals surface area contributed by atoms with Gasteiger partial charge < -0.3 is 4.57 Å². The van der Waals surface area contributed by atoms with Gasteiger partial charge in [-0.25, -0.2) is 0 Å². The molecule has 0 N–H and O–H groups in total. The molecule has 0 saturated heterocycles. The van der Waals surface area contributed by atoms with E-state index in [1.54, 1.807) is 6.07 Å². The predicted molar refractivity (Wildman–Crippen MR) is 71.1 cm³/mol. The second-order valence-electron chi connectivity index (χ2n) is 3.97. The van der Waals surface area contributed by atoms with Crippen LogP contribution in [0.25, 0.3) is 11.3 Å². The number of pyridine rings is 1. The molecule has 0 atom stereocenters. The van der Waals surface area contributed by atoms with Crippen LogP contribution in [-0.4, -0.2) is 4.57 Å². The third kappa shape index (κ3) is 2.53. The van der Waals surface area contributed by atoms with Crippen molar-refractivity contribution in [3.8, 4) is 23.4 Å². The van der Waals surface area contributed by atoms with Crippen LogP contribution in [-0.2, 0) is 6.54 Å². The Hall–Kier alpha value is -2.85. The standard InChI is InChI=1S/C15H11N3O/c16-9-4-10-18-14(12-5-2-1-3-6-12)8-7-13(11-17)15(18)19/h1-3,5-8H,4,10H2. The van der Waals surface area contributed by atoms with Gasteiger partial charge in [-0.2, -0.15) is 10.5 Å². The molecule has 0 radical (unpaired) electrons. The lowest BCUT2D eigenvalue weighted by molar-refractivity contribution is 0.692. The van der Waals surface area contributed by atoms with Gasteiger partial charge in [0.2, 0.25) is 0 Å². The summed E-state index contributed by atoms with van der Waals surface area (Å²) >= 11 is 0. The molecule has 1 aromatic carbocycles. The van der Waals surface area contributed by atoms with E-state index in [0.29, 0.717) is 0 Å². The molecule has 4 heteroatoms.